The van der Waals surface area contributed by atoms with Crippen LogP contribution in [-0.4, -0.2) is 10.1 Å². The third-order valence-corrected chi connectivity index (χ3v) is 7.72. The Morgan fingerprint density at radius 3 is 2.36 bits per heavy atom. The average molecular weight is 478 g/mol. The Balaban J connectivity index is 1.19. The number of fused-ring (bicyclic) bond motifs is 3. The maximum absolute atomic E-state index is 14.8. The van der Waals surface area contributed by atoms with Crippen LogP contribution in [0.3, 0.4) is 0 Å². The van der Waals surface area contributed by atoms with Crippen molar-refractivity contribution >= 4 is 0 Å². The predicted octanol–water partition coefficient (Wildman–Crippen LogP) is 7.71. The van der Waals surface area contributed by atoms with Gasteiger partial charge in [-0.15, -0.1) is 0 Å². The van der Waals surface area contributed by atoms with Gasteiger partial charge < -0.3 is 9.84 Å². The molecule has 0 amide bonds. The average Bonchev–Trinajstić information content (AvgIpc) is 3.47. The van der Waals surface area contributed by atoms with Crippen LogP contribution in [0.2, 0.25) is 0 Å². The SMILES string of the molecule is C=C(O)[C@H]1[C@@H]2Cc3cc(OCc4cc(-c5ccc(-c6ccc(C)cc6)cc5)c(C)cc4F)ncc3[C@@H]21. The summed E-state index contributed by atoms with van der Waals surface area (Å²) in [6, 6.07) is 22.3. The molecule has 3 nitrogen and oxygen atoms in total. The fraction of sp³-hybridized carbons (Fsp3) is 0.219. The van der Waals surface area contributed by atoms with Crippen molar-refractivity contribution in [3.05, 3.63) is 119 Å². The number of rotatable bonds is 6. The lowest BCUT2D eigenvalue weighted by molar-refractivity contribution is 0.287. The summed E-state index contributed by atoms with van der Waals surface area (Å²) in [4.78, 5) is 4.45. The van der Waals surface area contributed by atoms with Crippen molar-refractivity contribution in [1.29, 1.82) is 0 Å². The van der Waals surface area contributed by atoms with Crippen LogP contribution >= 0.6 is 0 Å². The molecule has 1 N–H and O–H groups in total. The summed E-state index contributed by atoms with van der Waals surface area (Å²) in [7, 11) is 0. The highest BCUT2D eigenvalue weighted by atomic mass is 19.1. The van der Waals surface area contributed by atoms with Crippen LogP contribution in [0.15, 0.2) is 85.3 Å². The Morgan fingerprint density at radius 2 is 1.67 bits per heavy atom. The third-order valence-electron chi connectivity index (χ3n) is 7.72. The van der Waals surface area contributed by atoms with Gasteiger partial charge in [0, 0.05) is 23.7 Å². The second kappa shape index (κ2) is 8.63. The Hall–Kier alpha value is -3.92. The molecule has 1 heterocycles. The molecular formula is C32H28FNO2. The van der Waals surface area contributed by atoms with Crippen molar-refractivity contribution in [2.24, 2.45) is 11.8 Å². The highest BCUT2D eigenvalue weighted by Gasteiger charge is 2.57. The predicted molar refractivity (Wildman–Crippen MR) is 141 cm³/mol. The van der Waals surface area contributed by atoms with E-state index in [9.17, 15) is 9.50 Å². The minimum absolute atomic E-state index is 0.106. The molecule has 2 aliphatic carbocycles. The van der Waals surface area contributed by atoms with Gasteiger partial charge in [-0.25, -0.2) is 9.37 Å². The van der Waals surface area contributed by atoms with Gasteiger partial charge in [0.2, 0.25) is 5.88 Å². The molecule has 0 saturated heterocycles. The minimum atomic E-state index is -0.278. The lowest BCUT2D eigenvalue weighted by atomic mass is 9.95. The zero-order valence-corrected chi connectivity index (χ0v) is 20.5. The molecule has 4 aromatic rings. The first-order valence-electron chi connectivity index (χ1n) is 12.3. The van der Waals surface area contributed by atoms with E-state index in [1.54, 1.807) is 6.07 Å². The number of nitrogens with zero attached hydrogens (tertiary/aromatic N) is 1. The largest absolute Gasteiger partial charge is 0.513 e. The van der Waals surface area contributed by atoms with Crippen molar-refractivity contribution in [3.63, 3.8) is 0 Å². The highest BCUT2D eigenvalue weighted by Crippen LogP contribution is 2.63. The van der Waals surface area contributed by atoms with Gasteiger partial charge in [0.25, 0.3) is 0 Å². The molecule has 0 bridgehead atoms. The van der Waals surface area contributed by atoms with Gasteiger partial charge in [-0.3, -0.25) is 0 Å². The topological polar surface area (TPSA) is 42.4 Å². The minimum Gasteiger partial charge on any atom is -0.513 e. The number of halogens is 1. The van der Waals surface area contributed by atoms with E-state index in [0.717, 1.165) is 28.7 Å². The Labute approximate surface area is 210 Å². The Morgan fingerprint density at radius 1 is 1.00 bits per heavy atom. The van der Waals surface area contributed by atoms with E-state index < -0.39 is 0 Å². The highest BCUT2D eigenvalue weighted by molar-refractivity contribution is 5.72. The first kappa shape index (κ1) is 22.5. The van der Waals surface area contributed by atoms with Crippen LogP contribution in [0, 0.1) is 31.5 Å². The first-order chi connectivity index (χ1) is 17.4. The zero-order chi connectivity index (χ0) is 25.0. The van der Waals surface area contributed by atoms with E-state index in [4.69, 9.17) is 4.74 Å². The number of allylic oxidation sites excluding steroid dienone is 1. The fourth-order valence-electron chi connectivity index (χ4n) is 5.68. The van der Waals surface area contributed by atoms with Gasteiger partial charge in [-0.2, -0.15) is 0 Å². The smallest absolute Gasteiger partial charge is 0.213 e. The number of aromatic nitrogens is 1. The lowest BCUT2D eigenvalue weighted by Crippen LogP contribution is -2.03. The van der Waals surface area contributed by atoms with Crippen molar-refractivity contribution in [2.75, 3.05) is 0 Å². The molecule has 0 aliphatic heterocycles. The normalized spacial score (nSPS) is 19.5. The van der Waals surface area contributed by atoms with Crippen molar-refractivity contribution in [2.45, 2.75) is 32.8 Å². The number of ether oxygens (including phenoxy) is 1. The molecule has 0 unspecified atom stereocenters. The second-order valence-electron chi connectivity index (χ2n) is 10.1. The van der Waals surface area contributed by atoms with Crippen molar-refractivity contribution in [1.82, 2.24) is 4.98 Å². The van der Waals surface area contributed by atoms with Gasteiger partial charge in [-0.05, 0) is 83.2 Å². The lowest BCUT2D eigenvalue weighted by Gasteiger charge is -2.13. The standard InChI is InChI=1S/C32H28FNO2/c1-18-4-6-21(7-5-18)22-8-10-23(11-9-22)26-14-25(29(33)12-19(26)2)17-36-30-15-24-13-27-31(20(3)35)32(27)28(24)16-34-30/h4-12,14-16,27,31-32,35H,3,13,17H2,1-2H3/t27-,31-,32+/m0/s1. The fourth-order valence-corrected chi connectivity index (χ4v) is 5.68. The van der Waals surface area contributed by atoms with Gasteiger partial charge in [0.1, 0.15) is 12.4 Å². The molecule has 2 aliphatic rings. The first-order valence-corrected chi connectivity index (χ1v) is 12.3. The molecule has 1 saturated carbocycles. The summed E-state index contributed by atoms with van der Waals surface area (Å²) < 4.78 is 20.8. The number of benzene rings is 3. The van der Waals surface area contributed by atoms with Crippen LogP contribution in [0.1, 0.15) is 33.7 Å². The number of hydrogen-bond acceptors (Lipinski definition) is 3. The number of pyridine rings is 1. The number of aliphatic hydroxyl groups is 1. The number of aryl methyl sites for hydroxylation is 2. The Bertz CT molecular complexity index is 1470. The summed E-state index contributed by atoms with van der Waals surface area (Å²) in [6.07, 6.45) is 2.73. The summed E-state index contributed by atoms with van der Waals surface area (Å²) in [5.41, 5.74) is 9.35. The molecule has 36 heavy (non-hydrogen) atoms. The molecule has 1 fully saturated rings. The summed E-state index contributed by atoms with van der Waals surface area (Å²) in [5.74, 6) is 1.40. The van der Waals surface area contributed by atoms with E-state index in [1.165, 1.54) is 22.3 Å². The quantitative estimate of drug-likeness (QED) is 0.289. The monoisotopic (exact) mass is 477 g/mol. The third kappa shape index (κ3) is 3.97. The second-order valence-corrected chi connectivity index (χ2v) is 10.1. The van der Waals surface area contributed by atoms with Crippen LogP contribution in [0.4, 0.5) is 4.39 Å². The molecule has 4 heteroatoms. The van der Waals surface area contributed by atoms with Crippen LogP contribution < -0.4 is 4.74 Å². The molecule has 0 radical (unpaired) electrons. The summed E-state index contributed by atoms with van der Waals surface area (Å²) >= 11 is 0. The van der Waals surface area contributed by atoms with Crippen LogP contribution in [-0.2, 0) is 13.0 Å². The van der Waals surface area contributed by atoms with Gasteiger partial charge in [-0.1, -0.05) is 60.7 Å². The maximum atomic E-state index is 14.8. The van der Waals surface area contributed by atoms with E-state index in [1.807, 2.05) is 25.3 Å². The molecule has 0 spiro atoms. The molecule has 6 rings (SSSR count). The van der Waals surface area contributed by atoms with E-state index in [-0.39, 0.29) is 24.1 Å². The molecular weight excluding hydrogens is 449 g/mol. The van der Waals surface area contributed by atoms with Gasteiger partial charge in [0.15, 0.2) is 0 Å². The van der Waals surface area contributed by atoms with E-state index in [0.29, 0.717) is 23.3 Å². The molecule has 1 aromatic heterocycles. The Kier molecular flexibility index (Phi) is 5.40. The van der Waals surface area contributed by atoms with Crippen molar-refractivity contribution < 1.29 is 14.2 Å². The molecule has 180 valence electrons. The zero-order valence-electron chi connectivity index (χ0n) is 20.5. The maximum Gasteiger partial charge on any atom is 0.213 e. The van der Waals surface area contributed by atoms with E-state index >= 15 is 0 Å². The number of hydrogen-bond donors (Lipinski definition) is 1. The van der Waals surface area contributed by atoms with Gasteiger partial charge >= 0.3 is 0 Å². The van der Waals surface area contributed by atoms with Crippen LogP contribution in [0.25, 0.3) is 22.3 Å². The number of aliphatic hydroxyl groups excluding tert-OH is 1. The van der Waals surface area contributed by atoms with E-state index in [2.05, 4.69) is 67.0 Å². The molecule has 3 aromatic carbocycles. The molecule has 3 atom stereocenters. The summed E-state index contributed by atoms with van der Waals surface area (Å²) in [5, 5.41) is 9.74. The van der Waals surface area contributed by atoms with Crippen molar-refractivity contribution in [3.8, 4) is 28.1 Å². The van der Waals surface area contributed by atoms with Crippen LogP contribution in [0.5, 0.6) is 5.88 Å². The van der Waals surface area contributed by atoms with Gasteiger partial charge in [0.05, 0.1) is 5.76 Å². The summed E-state index contributed by atoms with van der Waals surface area (Å²) in [6.45, 7) is 7.81.